The van der Waals surface area contributed by atoms with Crippen LogP contribution in [0.15, 0.2) is 48.5 Å². The second kappa shape index (κ2) is 8.78. The Morgan fingerprint density at radius 1 is 0.828 bits per heavy atom. The maximum absolute atomic E-state index is 12.9. The smallest absolute Gasteiger partial charge is 0.339 e. The van der Waals surface area contributed by atoms with Crippen LogP contribution in [-0.2, 0) is 15.9 Å². The topological polar surface area (TPSA) is 72.8 Å². The summed E-state index contributed by atoms with van der Waals surface area (Å²) in [7, 11) is 0. The zero-order chi connectivity index (χ0) is 21.0. The molecule has 0 bridgehead atoms. The van der Waals surface area contributed by atoms with Gasteiger partial charge in [-0.2, -0.15) is 0 Å². The summed E-state index contributed by atoms with van der Waals surface area (Å²) in [5.74, 6) is -0.962. The summed E-state index contributed by atoms with van der Waals surface area (Å²) in [6.07, 6.45) is 0.388. The van der Waals surface area contributed by atoms with Gasteiger partial charge in [0, 0.05) is 0 Å². The van der Waals surface area contributed by atoms with Gasteiger partial charge in [0.05, 0.1) is 24.3 Å². The van der Waals surface area contributed by atoms with Crippen molar-refractivity contribution in [2.75, 3.05) is 13.2 Å². The number of carbonyl (C=O) groups is 2. The van der Waals surface area contributed by atoms with Crippen molar-refractivity contribution < 1.29 is 24.2 Å². The fraction of sp³-hybridized carbons (Fsp3) is 0.250. The molecule has 1 aromatic rings. The van der Waals surface area contributed by atoms with Crippen molar-refractivity contribution in [1.29, 1.82) is 0 Å². The predicted octanol–water partition coefficient (Wildman–Crippen LogP) is 4.75. The van der Waals surface area contributed by atoms with Crippen LogP contribution in [0.2, 0.25) is 0 Å². The monoisotopic (exact) mass is 392 g/mol. The summed E-state index contributed by atoms with van der Waals surface area (Å²) in [5, 5.41) is 9.90. The van der Waals surface area contributed by atoms with Gasteiger partial charge in [-0.25, -0.2) is 9.59 Å². The minimum atomic E-state index is -0.498. The van der Waals surface area contributed by atoms with E-state index in [1.807, 2.05) is 31.2 Å². The third-order valence-electron chi connectivity index (χ3n) is 4.86. The van der Waals surface area contributed by atoms with E-state index in [1.165, 1.54) is 12.1 Å². The van der Waals surface area contributed by atoms with Gasteiger partial charge in [0.25, 0.3) is 0 Å². The molecule has 0 heterocycles. The molecular weight excluding hydrogens is 368 g/mol. The minimum absolute atomic E-state index is 0.0336. The predicted molar refractivity (Wildman–Crippen MR) is 111 cm³/mol. The highest BCUT2D eigenvalue weighted by molar-refractivity contribution is 6.10. The molecule has 0 spiro atoms. The first-order valence-electron chi connectivity index (χ1n) is 9.64. The minimum Gasteiger partial charge on any atom is -0.508 e. The molecule has 2 aliphatic carbocycles. The van der Waals surface area contributed by atoms with Gasteiger partial charge < -0.3 is 14.6 Å². The van der Waals surface area contributed by atoms with Gasteiger partial charge in [0.1, 0.15) is 5.75 Å². The van der Waals surface area contributed by atoms with E-state index in [4.69, 9.17) is 9.47 Å². The molecule has 3 rings (SSSR count). The number of hydrogen-bond acceptors (Lipinski definition) is 5. The molecule has 0 aromatic heterocycles. The first kappa shape index (κ1) is 20.4. The van der Waals surface area contributed by atoms with Gasteiger partial charge in [-0.3, -0.25) is 0 Å². The van der Waals surface area contributed by atoms with Crippen molar-refractivity contribution in [1.82, 2.24) is 0 Å². The number of aryl methyl sites for hydroxylation is 1. The Bertz CT molecular complexity index is 966. The molecule has 0 atom stereocenters. The molecule has 0 amide bonds. The fourth-order valence-corrected chi connectivity index (χ4v) is 3.51. The van der Waals surface area contributed by atoms with Crippen LogP contribution in [0.25, 0.3) is 11.1 Å². The molecule has 0 radical (unpaired) electrons. The molecule has 0 aliphatic heterocycles. The normalized spacial score (nSPS) is 10.7. The van der Waals surface area contributed by atoms with E-state index in [9.17, 15) is 14.7 Å². The van der Waals surface area contributed by atoms with E-state index in [2.05, 4.69) is 0 Å². The number of ether oxygens (including phenoxy) is 2. The zero-order valence-electron chi connectivity index (χ0n) is 16.8. The Morgan fingerprint density at radius 3 is 1.83 bits per heavy atom. The zero-order valence-corrected chi connectivity index (χ0v) is 16.8. The number of carbonyl (C=O) groups excluding carboxylic acids is 2. The Hall–Kier alpha value is -3.34. The first-order valence-corrected chi connectivity index (χ1v) is 9.64. The third kappa shape index (κ3) is 4.09. The molecule has 0 fully saturated rings. The van der Waals surface area contributed by atoms with Crippen LogP contribution in [0.3, 0.4) is 0 Å². The van der Waals surface area contributed by atoms with Crippen LogP contribution in [0.4, 0.5) is 0 Å². The molecule has 0 saturated heterocycles. The van der Waals surface area contributed by atoms with Crippen LogP contribution in [0.1, 0.15) is 51.3 Å². The van der Waals surface area contributed by atoms with Gasteiger partial charge in [0.15, 0.2) is 0 Å². The Morgan fingerprint density at radius 2 is 1.34 bits per heavy atom. The van der Waals surface area contributed by atoms with Crippen molar-refractivity contribution in [2.24, 2.45) is 0 Å². The van der Waals surface area contributed by atoms with Crippen LogP contribution in [-0.4, -0.2) is 30.3 Å². The second-order valence-electron chi connectivity index (χ2n) is 6.69. The van der Waals surface area contributed by atoms with Crippen LogP contribution < -0.4 is 0 Å². The van der Waals surface area contributed by atoms with Gasteiger partial charge in [-0.15, -0.1) is 0 Å². The molecule has 0 unspecified atom stereocenters. The largest absolute Gasteiger partial charge is 0.508 e. The lowest BCUT2D eigenvalue weighted by molar-refractivity contribution is 0.0525. The maximum atomic E-state index is 12.9. The second-order valence-corrected chi connectivity index (χ2v) is 6.69. The van der Waals surface area contributed by atoms with Gasteiger partial charge in [0.2, 0.25) is 0 Å². The molecule has 2 aliphatic rings. The number of fused-ring (bicyclic) bond motifs is 1. The summed E-state index contributed by atoms with van der Waals surface area (Å²) in [5.41, 5.74) is 4.42. The lowest BCUT2D eigenvalue weighted by Crippen LogP contribution is -2.11. The van der Waals surface area contributed by atoms with Crippen molar-refractivity contribution in [2.45, 2.75) is 27.2 Å². The summed E-state index contributed by atoms with van der Waals surface area (Å²) in [6.45, 7) is 5.90. The number of esters is 2. The van der Waals surface area contributed by atoms with Crippen molar-refractivity contribution >= 4 is 11.9 Å². The Kier molecular flexibility index (Phi) is 6.17. The molecule has 0 saturated carbocycles. The van der Waals surface area contributed by atoms with Gasteiger partial charge in [-0.05, 0) is 79.3 Å². The molecule has 150 valence electrons. The van der Waals surface area contributed by atoms with E-state index in [1.54, 1.807) is 26.0 Å². The lowest BCUT2D eigenvalue weighted by Gasteiger charge is -2.10. The first-order chi connectivity index (χ1) is 14.0. The number of benzene rings is 1. The van der Waals surface area contributed by atoms with Gasteiger partial charge >= 0.3 is 11.9 Å². The standard InChI is InChI=1S/C24H24O5/c1-4-28-23(26)21-18-12-10-17(25)11-13-19(18)22(24(27)29-5-2)20(21)14-16-9-7-6-8-15(16)3/h6-13,25H,4-5,14H2,1-3H3. The highest BCUT2D eigenvalue weighted by Gasteiger charge is 2.32. The van der Waals surface area contributed by atoms with Gasteiger partial charge in [-0.1, -0.05) is 24.3 Å². The maximum Gasteiger partial charge on any atom is 0.339 e. The van der Waals surface area contributed by atoms with E-state index < -0.39 is 11.9 Å². The van der Waals surface area contributed by atoms with E-state index >= 15 is 0 Å². The Labute approximate surface area is 170 Å². The summed E-state index contributed by atoms with van der Waals surface area (Å²) >= 11 is 0. The number of hydrogen-bond donors (Lipinski definition) is 1. The summed E-state index contributed by atoms with van der Waals surface area (Å²) in [6, 6.07) is 14.1. The molecule has 1 N–H and O–H groups in total. The van der Waals surface area contributed by atoms with Crippen molar-refractivity contribution in [3.63, 3.8) is 0 Å². The average molecular weight is 392 g/mol. The quantitative estimate of drug-likeness (QED) is 0.613. The third-order valence-corrected chi connectivity index (χ3v) is 4.86. The van der Waals surface area contributed by atoms with E-state index in [0.29, 0.717) is 34.2 Å². The summed E-state index contributed by atoms with van der Waals surface area (Å²) in [4.78, 5) is 25.8. The lowest BCUT2D eigenvalue weighted by atomic mass is 9.97. The molecule has 5 nitrogen and oxygen atoms in total. The van der Waals surface area contributed by atoms with E-state index in [0.717, 1.165) is 11.1 Å². The van der Waals surface area contributed by atoms with E-state index in [-0.39, 0.29) is 19.0 Å². The molecule has 1 aromatic carbocycles. The van der Waals surface area contributed by atoms with Crippen molar-refractivity contribution in [3.05, 3.63) is 76.3 Å². The number of aromatic hydroxyl groups is 1. The summed E-state index contributed by atoms with van der Waals surface area (Å²) < 4.78 is 10.6. The van der Waals surface area contributed by atoms with Crippen LogP contribution in [0, 0.1) is 6.92 Å². The molecule has 5 heteroatoms. The van der Waals surface area contributed by atoms with Crippen LogP contribution >= 0.6 is 0 Å². The Balaban J connectivity index is 2.33. The molecular formula is C24H24O5. The fourth-order valence-electron chi connectivity index (χ4n) is 3.51. The number of rotatable bonds is 6. The van der Waals surface area contributed by atoms with Crippen LogP contribution in [0.5, 0.6) is 5.75 Å². The molecule has 29 heavy (non-hydrogen) atoms. The highest BCUT2D eigenvalue weighted by Crippen LogP contribution is 2.39. The van der Waals surface area contributed by atoms with Crippen molar-refractivity contribution in [3.8, 4) is 16.9 Å². The average Bonchev–Trinajstić information content (AvgIpc) is 2.87. The SMILES string of the molecule is CCOC(=O)c1c2ccc(O)ccc-2c(C(=O)OCC)c1Cc1ccccc1C. The highest BCUT2D eigenvalue weighted by atomic mass is 16.5.